The van der Waals surface area contributed by atoms with Gasteiger partial charge >= 0.3 is 0 Å². The van der Waals surface area contributed by atoms with E-state index in [0.29, 0.717) is 18.7 Å². The van der Waals surface area contributed by atoms with Gasteiger partial charge in [0.05, 0.1) is 12.7 Å². The maximum absolute atomic E-state index is 12.2. The van der Waals surface area contributed by atoms with E-state index in [4.69, 9.17) is 4.74 Å². The number of Topliss-reactive ketones (excluding diaryl/α,β-unsaturated/α-hetero) is 1. The first kappa shape index (κ1) is 20.2. The SMILES string of the molecule is Cc1ccc(C(=O)CCC(=O)NCC2CN(Cc3ccccc3)CCO2)cc1. The molecule has 1 saturated heterocycles. The zero-order chi connectivity index (χ0) is 19.8. The van der Waals surface area contributed by atoms with E-state index in [1.165, 1.54) is 5.56 Å². The number of nitrogens with one attached hydrogen (secondary N) is 1. The first-order chi connectivity index (χ1) is 13.6. The zero-order valence-corrected chi connectivity index (χ0v) is 16.4. The van der Waals surface area contributed by atoms with Crippen molar-refractivity contribution < 1.29 is 14.3 Å². The number of carbonyl (C=O) groups excluding carboxylic acids is 2. The summed E-state index contributed by atoms with van der Waals surface area (Å²) in [5, 5.41) is 2.91. The van der Waals surface area contributed by atoms with Crippen LogP contribution in [0.3, 0.4) is 0 Å². The molecular weight excluding hydrogens is 352 g/mol. The van der Waals surface area contributed by atoms with Crippen LogP contribution >= 0.6 is 0 Å². The largest absolute Gasteiger partial charge is 0.374 e. The second kappa shape index (κ2) is 10.2. The third kappa shape index (κ3) is 6.29. The molecule has 0 spiro atoms. The summed E-state index contributed by atoms with van der Waals surface area (Å²) in [6.45, 7) is 5.69. The molecule has 1 aliphatic rings. The van der Waals surface area contributed by atoms with Crippen molar-refractivity contribution in [1.29, 1.82) is 0 Å². The van der Waals surface area contributed by atoms with Gasteiger partial charge in [0.25, 0.3) is 0 Å². The highest BCUT2D eigenvalue weighted by atomic mass is 16.5. The van der Waals surface area contributed by atoms with Gasteiger partial charge in [-0.1, -0.05) is 60.2 Å². The van der Waals surface area contributed by atoms with Crippen LogP contribution in [0, 0.1) is 6.92 Å². The third-order valence-electron chi connectivity index (χ3n) is 4.95. The van der Waals surface area contributed by atoms with E-state index in [1.54, 1.807) is 0 Å². The first-order valence-electron chi connectivity index (χ1n) is 9.84. The summed E-state index contributed by atoms with van der Waals surface area (Å²) in [6.07, 6.45) is 0.405. The molecule has 1 heterocycles. The van der Waals surface area contributed by atoms with Crippen molar-refractivity contribution >= 4 is 11.7 Å². The molecule has 2 aromatic rings. The number of hydrogen-bond acceptors (Lipinski definition) is 4. The molecule has 1 N–H and O–H groups in total. The van der Waals surface area contributed by atoms with E-state index >= 15 is 0 Å². The van der Waals surface area contributed by atoms with Crippen LogP contribution in [-0.4, -0.2) is 48.9 Å². The average Bonchev–Trinajstić information content (AvgIpc) is 2.72. The van der Waals surface area contributed by atoms with Gasteiger partial charge in [0.15, 0.2) is 5.78 Å². The van der Waals surface area contributed by atoms with Gasteiger partial charge in [-0.2, -0.15) is 0 Å². The molecule has 1 aliphatic heterocycles. The summed E-state index contributed by atoms with van der Waals surface area (Å²) in [7, 11) is 0. The van der Waals surface area contributed by atoms with Gasteiger partial charge < -0.3 is 10.1 Å². The standard InChI is InChI=1S/C23H28N2O3/c1-18-7-9-20(10-8-18)22(26)11-12-23(27)24-15-21-17-25(13-14-28-21)16-19-5-3-2-4-6-19/h2-10,21H,11-17H2,1H3,(H,24,27). The summed E-state index contributed by atoms with van der Waals surface area (Å²) in [6, 6.07) is 17.8. The van der Waals surface area contributed by atoms with Crippen molar-refractivity contribution in [3.8, 4) is 0 Å². The Hall–Kier alpha value is -2.50. The molecule has 5 heteroatoms. The van der Waals surface area contributed by atoms with Gasteiger partial charge in [-0.3, -0.25) is 14.5 Å². The Balaban J connectivity index is 1.38. The molecule has 0 aromatic heterocycles. The van der Waals surface area contributed by atoms with Crippen LogP contribution in [0.5, 0.6) is 0 Å². The number of rotatable bonds is 8. The van der Waals surface area contributed by atoms with Gasteiger partial charge in [0.1, 0.15) is 0 Å². The van der Waals surface area contributed by atoms with Gasteiger partial charge in [-0.05, 0) is 12.5 Å². The highest BCUT2D eigenvalue weighted by Crippen LogP contribution is 2.11. The maximum atomic E-state index is 12.2. The molecule has 0 radical (unpaired) electrons. The summed E-state index contributed by atoms with van der Waals surface area (Å²) >= 11 is 0. The molecule has 1 amide bonds. The molecule has 0 aliphatic carbocycles. The normalized spacial score (nSPS) is 17.2. The van der Waals surface area contributed by atoms with Crippen LogP contribution in [0.2, 0.25) is 0 Å². The summed E-state index contributed by atoms with van der Waals surface area (Å²) in [5.41, 5.74) is 3.05. The van der Waals surface area contributed by atoms with E-state index in [2.05, 4.69) is 22.3 Å². The van der Waals surface area contributed by atoms with Crippen LogP contribution in [0.25, 0.3) is 0 Å². The summed E-state index contributed by atoms with van der Waals surface area (Å²) in [5.74, 6) is -0.109. The van der Waals surface area contributed by atoms with E-state index < -0.39 is 0 Å². The van der Waals surface area contributed by atoms with Crippen LogP contribution in [0.15, 0.2) is 54.6 Å². The smallest absolute Gasteiger partial charge is 0.220 e. The molecule has 0 bridgehead atoms. The molecule has 1 atom stereocenters. The lowest BCUT2D eigenvalue weighted by Gasteiger charge is -2.33. The molecule has 1 fully saturated rings. The Morgan fingerprint density at radius 2 is 1.82 bits per heavy atom. The lowest BCUT2D eigenvalue weighted by atomic mass is 10.0. The van der Waals surface area contributed by atoms with Crippen LogP contribution in [0.1, 0.15) is 34.3 Å². The molecule has 2 aromatic carbocycles. The van der Waals surface area contributed by atoms with Crippen LogP contribution in [0.4, 0.5) is 0 Å². The molecule has 0 saturated carbocycles. The van der Waals surface area contributed by atoms with E-state index in [-0.39, 0.29) is 30.6 Å². The molecule has 5 nitrogen and oxygen atoms in total. The van der Waals surface area contributed by atoms with E-state index in [1.807, 2.05) is 49.4 Å². The number of morpholine rings is 1. The predicted molar refractivity (Wildman–Crippen MR) is 109 cm³/mol. The highest BCUT2D eigenvalue weighted by molar-refractivity contribution is 5.97. The number of nitrogens with zero attached hydrogens (tertiary/aromatic N) is 1. The Bertz CT molecular complexity index is 774. The van der Waals surface area contributed by atoms with E-state index in [0.717, 1.165) is 25.2 Å². The van der Waals surface area contributed by atoms with Crippen molar-refractivity contribution in [3.05, 3.63) is 71.3 Å². The monoisotopic (exact) mass is 380 g/mol. The number of aryl methyl sites for hydroxylation is 1. The number of hydrogen-bond donors (Lipinski definition) is 1. The Morgan fingerprint density at radius 1 is 1.07 bits per heavy atom. The van der Waals surface area contributed by atoms with Gasteiger partial charge in [-0.25, -0.2) is 0 Å². The highest BCUT2D eigenvalue weighted by Gasteiger charge is 2.21. The number of ether oxygens (including phenoxy) is 1. The first-order valence-corrected chi connectivity index (χ1v) is 9.84. The van der Waals surface area contributed by atoms with Crippen molar-refractivity contribution in [3.63, 3.8) is 0 Å². The van der Waals surface area contributed by atoms with Gasteiger partial charge in [0.2, 0.25) is 5.91 Å². The lowest BCUT2D eigenvalue weighted by molar-refractivity contribution is -0.122. The minimum atomic E-state index is -0.107. The molecule has 1 unspecified atom stereocenters. The molecule has 3 rings (SSSR count). The molecular formula is C23H28N2O3. The number of carbonyl (C=O) groups is 2. The van der Waals surface area contributed by atoms with Crippen molar-refractivity contribution in [2.45, 2.75) is 32.4 Å². The number of amides is 1. The van der Waals surface area contributed by atoms with Crippen LogP contribution < -0.4 is 5.32 Å². The minimum Gasteiger partial charge on any atom is -0.374 e. The minimum absolute atomic E-state index is 0.00176. The third-order valence-corrected chi connectivity index (χ3v) is 4.95. The number of benzene rings is 2. The quantitative estimate of drug-likeness (QED) is 0.716. The average molecular weight is 380 g/mol. The maximum Gasteiger partial charge on any atom is 0.220 e. The van der Waals surface area contributed by atoms with Crippen molar-refractivity contribution in [2.24, 2.45) is 0 Å². The Morgan fingerprint density at radius 3 is 2.57 bits per heavy atom. The van der Waals surface area contributed by atoms with Crippen molar-refractivity contribution in [2.75, 3.05) is 26.2 Å². The van der Waals surface area contributed by atoms with Crippen molar-refractivity contribution in [1.82, 2.24) is 10.2 Å². The lowest BCUT2D eigenvalue weighted by Crippen LogP contribution is -2.47. The van der Waals surface area contributed by atoms with Gasteiger partial charge in [0, 0.05) is 44.6 Å². The van der Waals surface area contributed by atoms with Crippen LogP contribution in [-0.2, 0) is 16.1 Å². The fraction of sp³-hybridized carbons (Fsp3) is 0.391. The second-order valence-electron chi connectivity index (χ2n) is 7.31. The molecule has 28 heavy (non-hydrogen) atoms. The summed E-state index contributed by atoms with van der Waals surface area (Å²) in [4.78, 5) is 26.6. The fourth-order valence-corrected chi connectivity index (χ4v) is 3.32. The van der Waals surface area contributed by atoms with Gasteiger partial charge in [-0.15, -0.1) is 0 Å². The Kier molecular flexibility index (Phi) is 7.34. The predicted octanol–water partition coefficient (Wildman–Crippen LogP) is 2.98. The summed E-state index contributed by atoms with van der Waals surface area (Å²) < 4.78 is 5.78. The molecule has 148 valence electrons. The second-order valence-corrected chi connectivity index (χ2v) is 7.31. The topological polar surface area (TPSA) is 58.6 Å². The number of ketones is 1. The zero-order valence-electron chi connectivity index (χ0n) is 16.4. The Labute approximate surface area is 166 Å². The van der Waals surface area contributed by atoms with E-state index in [9.17, 15) is 9.59 Å². The fourth-order valence-electron chi connectivity index (χ4n) is 3.32.